The van der Waals surface area contributed by atoms with Crippen molar-refractivity contribution in [2.45, 2.75) is 6.54 Å². The van der Waals surface area contributed by atoms with Crippen molar-refractivity contribution in [1.82, 2.24) is 9.80 Å². The summed E-state index contributed by atoms with van der Waals surface area (Å²) < 4.78 is 0.974. The third kappa shape index (κ3) is 4.02. The van der Waals surface area contributed by atoms with Crippen LogP contribution in [0.15, 0.2) is 22.7 Å². The molecular weight excluding hydrogens is 282 g/mol. The molecule has 0 bridgehead atoms. The SMILES string of the molecule is CN(CC(=O)N(C)C)Cc1c(N)cccc1Br. The molecule has 1 rings (SSSR count). The van der Waals surface area contributed by atoms with Gasteiger partial charge in [-0.05, 0) is 19.2 Å². The van der Waals surface area contributed by atoms with Crippen LogP contribution in [0.1, 0.15) is 5.56 Å². The van der Waals surface area contributed by atoms with Gasteiger partial charge in [0.05, 0.1) is 6.54 Å². The molecule has 0 spiro atoms. The molecule has 5 heteroatoms. The van der Waals surface area contributed by atoms with E-state index in [2.05, 4.69) is 15.9 Å². The zero-order valence-corrected chi connectivity index (χ0v) is 12.0. The number of nitrogen functional groups attached to an aromatic ring is 1. The zero-order chi connectivity index (χ0) is 13.0. The summed E-state index contributed by atoms with van der Waals surface area (Å²) in [4.78, 5) is 15.1. The molecule has 17 heavy (non-hydrogen) atoms. The number of nitrogens with two attached hydrogens (primary N) is 1. The van der Waals surface area contributed by atoms with Crippen molar-refractivity contribution < 1.29 is 4.79 Å². The van der Waals surface area contributed by atoms with E-state index in [0.717, 1.165) is 15.7 Å². The highest BCUT2D eigenvalue weighted by Crippen LogP contribution is 2.23. The Morgan fingerprint density at radius 3 is 2.53 bits per heavy atom. The molecule has 0 unspecified atom stereocenters. The number of carbonyl (C=O) groups is 1. The van der Waals surface area contributed by atoms with Gasteiger partial charge in [-0.15, -0.1) is 0 Å². The van der Waals surface area contributed by atoms with Gasteiger partial charge in [0.15, 0.2) is 0 Å². The fraction of sp³-hybridized carbons (Fsp3) is 0.417. The molecule has 0 fully saturated rings. The molecule has 2 N–H and O–H groups in total. The van der Waals surface area contributed by atoms with Crippen LogP contribution in [-0.4, -0.2) is 43.4 Å². The van der Waals surface area contributed by atoms with Crippen molar-refractivity contribution in [2.24, 2.45) is 0 Å². The average molecular weight is 300 g/mol. The summed E-state index contributed by atoms with van der Waals surface area (Å²) in [6, 6.07) is 5.71. The molecule has 0 aliphatic heterocycles. The number of likely N-dealkylation sites (N-methyl/N-ethyl adjacent to an activating group) is 2. The molecule has 0 aromatic heterocycles. The van der Waals surface area contributed by atoms with E-state index < -0.39 is 0 Å². The minimum Gasteiger partial charge on any atom is -0.398 e. The number of hydrogen-bond donors (Lipinski definition) is 1. The van der Waals surface area contributed by atoms with Gasteiger partial charge in [0.1, 0.15) is 0 Å². The second-order valence-electron chi connectivity index (χ2n) is 4.27. The maximum Gasteiger partial charge on any atom is 0.236 e. The van der Waals surface area contributed by atoms with Crippen molar-refractivity contribution in [3.05, 3.63) is 28.2 Å². The largest absolute Gasteiger partial charge is 0.398 e. The van der Waals surface area contributed by atoms with Gasteiger partial charge >= 0.3 is 0 Å². The van der Waals surface area contributed by atoms with Gasteiger partial charge in [0, 0.05) is 36.4 Å². The Morgan fingerprint density at radius 1 is 1.35 bits per heavy atom. The van der Waals surface area contributed by atoms with Crippen molar-refractivity contribution in [2.75, 3.05) is 33.4 Å². The van der Waals surface area contributed by atoms with E-state index in [-0.39, 0.29) is 5.91 Å². The molecule has 0 saturated carbocycles. The first-order chi connectivity index (χ1) is 7.91. The Balaban J connectivity index is 2.68. The van der Waals surface area contributed by atoms with E-state index >= 15 is 0 Å². The van der Waals surface area contributed by atoms with Crippen LogP contribution in [0.4, 0.5) is 5.69 Å². The topological polar surface area (TPSA) is 49.6 Å². The molecule has 0 saturated heterocycles. The summed E-state index contributed by atoms with van der Waals surface area (Å²) in [6.45, 7) is 1.03. The van der Waals surface area contributed by atoms with Crippen molar-refractivity contribution in [1.29, 1.82) is 0 Å². The van der Waals surface area contributed by atoms with Crippen LogP contribution in [-0.2, 0) is 11.3 Å². The van der Waals surface area contributed by atoms with Crippen molar-refractivity contribution in [3.8, 4) is 0 Å². The van der Waals surface area contributed by atoms with Gasteiger partial charge in [0.25, 0.3) is 0 Å². The Kier molecular flexibility index (Phi) is 4.96. The molecule has 0 atom stereocenters. The smallest absolute Gasteiger partial charge is 0.236 e. The molecule has 0 aliphatic carbocycles. The average Bonchev–Trinajstić information content (AvgIpc) is 2.23. The third-order valence-electron chi connectivity index (χ3n) is 2.49. The number of amides is 1. The standard InChI is InChI=1S/C12H18BrN3O/c1-15(2)12(17)8-16(3)7-9-10(13)5-4-6-11(9)14/h4-6H,7-8,14H2,1-3H3. The summed E-state index contributed by atoms with van der Waals surface area (Å²) in [7, 11) is 5.41. The van der Waals surface area contributed by atoms with Crippen LogP contribution in [0.2, 0.25) is 0 Å². The van der Waals surface area contributed by atoms with Crippen molar-refractivity contribution in [3.63, 3.8) is 0 Å². The monoisotopic (exact) mass is 299 g/mol. The molecule has 0 aliphatic rings. The van der Waals surface area contributed by atoms with Crippen LogP contribution in [0.5, 0.6) is 0 Å². The highest BCUT2D eigenvalue weighted by molar-refractivity contribution is 9.10. The predicted octanol–water partition coefficient (Wildman–Crippen LogP) is 1.55. The van der Waals surface area contributed by atoms with Gasteiger partial charge in [-0.3, -0.25) is 9.69 Å². The quantitative estimate of drug-likeness (QED) is 0.858. The summed E-state index contributed by atoms with van der Waals surface area (Å²) >= 11 is 3.47. The van der Waals surface area contributed by atoms with Crippen LogP contribution in [0.3, 0.4) is 0 Å². The fourth-order valence-corrected chi connectivity index (χ4v) is 1.95. The summed E-state index contributed by atoms with van der Waals surface area (Å²) in [6.07, 6.45) is 0. The van der Waals surface area contributed by atoms with E-state index in [9.17, 15) is 4.79 Å². The fourth-order valence-electron chi connectivity index (χ4n) is 1.44. The number of halogens is 1. The molecule has 0 heterocycles. The summed E-state index contributed by atoms with van der Waals surface area (Å²) in [5.74, 6) is 0.0816. The lowest BCUT2D eigenvalue weighted by Gasteiger charge is -2.20. The molecule has 0 radical (unpaired) electrons. The van der Waals surface area contributed by atoms with Gasteiger partial charge in [-0.25, -0.2) is 0 Å². The molecular formula is C12H18BrN3O. The van der Waals surface area contributed by atoms with Crippen LogP contribution in [0, 0.1) is 0 Å². The molecule has 1 amide bonds. The zero-order valence-electron chi connectivity index (χ0n) is 10.4. The number of nitrogens with zero attached hydrogens (tertiary/aromatic N) is 2. The highest BCUT2D eigenvalue weighted by Gasteiger charge is 2.11. The highest BCUT2D eigenvalue weighted by atomic mass is 79.9. The van der Waals surface area contributed by atoms with Crippen molar-refractivity contribution >= 4 is 27.5 Å². The van der Waals surface area contributed by atoms with Gasteiger partial charge in [0.2, 0.25) is 5.91 Å². The van der Waals surface area contributed by atoms with Crippen LogP contribution in [0.25, 0.3) is 0 Å². The van der Waals surface area contributed by atoms with Crippen LogP contribution < -0.4 is 5.73 Å². The maximum atomic E-state index is 11.6. The van der Waals surface area contributed by atoms with E-state index in [4.69, 9.17) is 5.73 Å². The first-order valence-corrected chi connectivity index (χ1v) is 6.12. The van der Waals surface area contributed by atoms with E-state index in [0.29, 0.717) is 13.1 Å². The lowest BCUT2D eigenvalue weighted by Crippen LogP contribution is -2.34. The third-order valence-corrected chi connectivity index (χ3v) is 3.23. The minimum atomic E-state index is 0.0816. The predicted molar refractivity (Wildman–Crippen MR) is 73.6 cm³/mol. The summed E-state index contributed by atoms with van der Waals surface area (Å²) in [5, 5.41) is 0. The Labute approximate surface area is 111 Å². The first kappa shape index (κ1) is 14.0. The van der Waals surface area contributed by atoms with E-state index in [1.54, 1.807) is 19.0 Å². The van der Waals surface area contributed by atoms with Crippen LogP contribution >= 0.6 is 15.9 Å². The Hall–Kier alpha value is -1.07. The van der Waals surface area contributed by atoms with E-state index in [1.807, 2.05) is 30.1 Å². The number of benzene rings is 1. The van der Waals surface area contributed by atoms with Gasteiger partial charge < -0.3 is 10.6 Å². The number of carbonyl (C=O) groups excluding carboxylic acids is 1. The number of anilines is 1. The number of hydrogen-bond acceptors (Lipinski definition) is 3. The Bertz CT molecular complexity index is 386. The first-order valence-electron chi connectivity index (χ1n) is 5.33. The Morgan fingerprint density at radius 2 is 2.00 bits per heavy atom. The molecule has 1 aromatic rings. The molecule has 4 nitrogen and oxygen atoms in total. The second-order valence-corrected chi connectivity index (χ2v) is 5.12. The lowest BCUT2D eigenvalue weighted by molar-refractivity contribution is -0.129. The molecule has 1 aromatic carbocycles. The summed E-state index contributed by atoms with van der Waals surface area (Å²) in [5.41, 5.74) is 7.66. The van der Waals surface area contributed by atoms with Gasteiger partial charge in [-0.1, -0.05) is 22.0 Å². The second kappa shape index (κ2) is 6.02. The minimum absolute atomic E-state index is 0.0816. The van der Waals surface area contributed by atoms with Gasteiger partial charge in [-0.2, -0.15) is 0 Å². The number of rotatable bonds is 4. The lowest BCUT2D eigenvalue weighted by atomic mass is 10.1. The van der Waals surface area contributed by atoms with E-state index in [1.165, 1.54) is 0 Å². The molecule has 94 valence electrons. The normalized spacial score (nSPS) is 10.6. The maximum absolute atomic E-state index is 11.6.